The Morgan fingerprint density at radius 1 is 1.47 bits per heavy atom. The standard InChI is InChI=1S/C11H17FN4.ClH/c1-16(2)7-6-15-9-5-3-4-8(12)10(9)11(13)14;/h3-5,15H,6-7H2,1-2H3,(H3,13,14);1H. The molecule has 4 N–H and O–H groups in total. The van der Waals surface area contributed by atoms with Gasteiger partial charge in [0.1, 0.15) is 11.7 Å². The molecule has 0 bridgehead atoms. The Bertz CT molecular complexity index is 382. The SMILES string of the molecule is CN(C)CCNc1cccc(F)c1C(=N)N.Cl. The molecular formula is C11H18ClFN4. The van der Waals surface area contributed by atoms with Crippen LogP contribution in [0, 0.1) is 11.2 Å². The van der Waals surface area contributed by atoms with Gasteiger partial charge in [-0.2, -0.15) is 0 Å². The fraction of sp³-hybridized carbons (Fsp3) is 0.364. The van der Waals surface area contributed by atoms with Crippen LogP contribution in [-0.2, 0) is 0 Å². The summed E-state index contributed by atoms with van der Waals surface area (Å²) in [6.45, 7) is 1.50. The van der Waals surface area contributed by atoms with Crippen molar-refractivity contribution in [3.05, 3.63) is 29.6 Å². The van der Waals surface area contributed by atoms with Gasteiger partial charge in [-0.3, -0.25) is 5.41 Å². The average Bonchev–Trinajstić information content (AvgIpc) is 2.16. The Balaban J connectivity index is 0.00000256. The summed E-state index contributed by atoms with van der Waals surface area (Å²) in [6.07, 6.45) is 0. The van der Waals surface area contributed by atoms with E-state index >= 15 is 0 Å². The summed E-state index contributed by atoms with van der Waals surface area (Å²) in [6, 6.07) is 4.61. The Labute approximate surface area is 107 Å². The molecule has 0 fully saturated rings. The highest BCUT2D eigenvalue weighted by atomic mass is 35.5. The maximum atomic E-state index is 13.4. The summed E-state index contributed by atoms with van der Waals surface area (Å²) in [5.74, 6) is -0.729. The number of halogens is 2. The normalized spacial score (nSPS) is 9.88. The minimum absolute atomic E-state index is 0. The van der Waals surface area contributed by atoms with Gasteiger partial charge in [0.25, 0.3) is 0 Å². The lowest BCUT2D eigenvalue weighted by Gasteiger charge is -2.14. The third kappa shape index (κ3) is 4.58. The number of likely N-dealkylation sites (N-methyl/N-ethyl adjacent to an activating group) is 1. The second kappa shape index (κ2) is 7.09. The van der Waals surface area contributed by atoms with Crippen LogP contribution < -0.4 is 11.1 Å². The second-order valence-electron chi connectivity index (χ2n) is 3.81. The first kappa shape index (κ1) is 15.7. The van der Waals surface area contributed by atoms with Gasteiger partial charge in [-0.1, -0.05) is 6.07 Å². The molecule has 0 radical (unpaired) electrons. The van der Waals surface area contributed by atoms with Crippen LogP contribution in [0.3, 0.4) is 0 Å². The summed E-state index contributed by atoms with van der Waals surface area (Å²) >= 11 is 0. The lowest BCUT2D eigenvalue weighted by atomic mass is 10.1. The third-order valence-electron chi connectivity index (χ3n) is 2.16. The van der Waals surface area contributed by atoms with Crippen LogP contribution in [0.5, 0.6) is 0 Å². The molecule has 0 unspecified atom stereocenters. The van der Waals surface area contributed by atoms with Crippen molar-refractivity contribution in [2.24, 2.45) is 5.73 Å². The van der Waals surface area contributed by atoms with E-state index in [1.165, 1.54) is 6.07 Å². The van der Waals surface area contributed by atoms with E-state index in [0.29, 0.717) is 12.2 Å². The smallest absolute Gasteiger partial charge is 0.136 e. The molecule has 0 amide bonds. The highest BCUT2D eigenvalue weighted by molar-refractivity contribution is 6.00. The molecule has 4 nitrogen and oxygen atoms in total. The van der Waals surface area contributed by atoms with E-state index in [0.717, 1.165) is 6.54 Å². The highest BCUT2D eigenvalue weighted by Crippen LogP contribution is 2.17. The Morgan fingerprint density at radius 2 is 2.12 bits per heavy atom. The number of hydrogen-bond acceptors (Lipinski definition) is 3. The van der Waals surface area contributed by atoms with Gasteiger partial charge in [-0.25, -0.2) is 4.39 Å². The minimum atomic E-state index is -0.470. The van der Waals surface area contributed by atoms with Crippen molar-refractivity contribution < 1.29 is 4.39 Å². The predicted octanol–water partition coefficient (Wildman–Crippen LogP) is 1.51. The number of nitrogens with two attached hydrogens (primary N) is 1. The van der Waals surface area contributed by atoms with Crippen molar-refractivity contribution in [3.63, 3.8) is 0 Å². The fourth-order valence-electron chi connectivity index (χ4n) is 1.36. The second-order valence-corrected chi connectivity index (χ2v) is 3.81. The summed E-state index contributed by atoms with van der Waals surface area (Å²) in [5, 5.41) is 10.4. The minimum Gasteiger partial charge on any atom is -0.384 e. The predicted molar refractivity (Wildman–Crippen MR) is 71.7 cm³/mol. The van der Waals surface area contributed by atoms with Gasteiger partial charge in [-0.05, 0) is 26.2 Å². The van der Waals surface area contributed by atoms with Crippen molar-refractivity contribution in [1.29, 1.82) is 5.41 Å². The molecule has 1 aromatic rings. The number of hydrogen-bond donors (Lipinski definition) is 3. The first-order valence-electron chi connectivity index (χ1n) is 5.04. The van der Waals surface area contributed by atoms with Crippen LogP contribution >= 0.6 is 12.4 Å². The van der Waals surface area contributed by atoms with Crippen LogP contribution in [0.1, 0.15) is 5.56 Å². The molecule has 1 aromatic carbocycles. The van der Waals surface area contributed by atoms with E-state index in [4.69, 9.17) is 11.1 Å². The zero-order chi connectivity index (χ0) is 12.1. The summed E-state index contributed by atoms with van der Waals surface area (Å²) in [4.78, 5) is 2.01. The average molecular weight is 261 g/mol. The topological polar surface area (TPSA) is 65.1 Å². The number of benzene rings is 1. The van der Waals surface area contributed by atoms with Crippen LogP contribution in [0.25, 0.3) is 0 Å². The van der Waals surface area contributed by atoms with Gasteiger partial charge >= 0.3 is 0 Å². The van der Waals surface area contributed by atoms with Crippen LogP contribution in [-0.4, -0.2) is 37.9 Å². The van der Waals surface area contributed by atoms with Crippen LogP contribution in [0.2, 0.25) is 0 Å². The van der Waals surface area contributed by atoms with Gasteiger partial charge in [0.05, 0.1) is 5.56 Å². The molecule has 0 saturated heterocycles. The number of amidine groups is 1. The Kier molecular flexibility index (Phi) is 6.53. The number of rotatable bonds is 5. The van der Waals surface area contributed by atoms with E-state index in [1.807, 2.05) is 19.0 Å². The van der Waals surface area contributed by atoms with Crippen LogP contribution in [0.4, 0.5) is 10.1 Å². The number of nitrogens with zero attached hydrogens (tertiary/aromatic N) is 1. The van der Waals surface area contributed by atoms with Crippen molar-refractivity contribution in [1.82, 2.24) is 4.90 Å². The highest BCUT2D eigenvalue weighted by Gasteiger charge is 2.10. The zero-order valence-corrected chi connectivity index (χ0v) is 10.8. The Hall–Kier alpha value is -1.33. The first-order chi connectivity index (χ1) is 7.52. The Morgan fingerprint density at radius 3 is 2.65 bits per heavy atom. The lowest BCUT2D eigenvalue weighted by molar-refractivity contribution is 0.425. The molecule has 0 aliphatic carbocycles. The van der Waals surface area contributed by atoms with E-state index in [9.17, 15) is 4.39 Å². The molecule has 6 heteroatoms. The van der Waals surface area contributed by atoms with Crippen molar-refractivity contribution in [2.45, 2.75) is 0 Å². The molecule has 1 rings (SSSR count). The first-order valence-corrected chi connectivity index (χ1v) is 5.04. The molecule has 96 valence electrons. The molecule has 0 aliphatic rings. The zero-order valence-electron chi connectivity index (χ0n) is 9.96. The number of nitrogen functional groups attached to an aromatic ring is 1. The molecule has 0 aromatic heterocycles. The molecule has 0 saturated carbocycles. The van der Waals surface area contributed by atoms with Gasteiger partial charge in [0.2, 0.25) is 0 Å². The summed E-state index contributed by atoms with van der Waals surface area (Å²) in [5.41, 5.74) is 6.04. The molecule has 0 heterocycles. The monoisotopic (exact) mass is 260 g/mol. The molecule has 0 spiro atoms. The fourth-order valence-corrected chi connectivity index (χ4v) is 1.36. The maximum Gasteiger partial charge on any atom is 0.136 e. The molecule has 0 atom stereocenters. The van der Waals surface area contributed by atoms with Crippen molar-refractivity contribution in [2.75, 3.05) is 32.5 Å². The lowest BCUT2D eigenvalue weighted by Crippen LogP contribution is -2.23. The number of anilines is 1. The van der Waals surface area contributed by atoms with E-state index in [-0.39, 0.29) is 23.8 Å². The molecule has 17 heavy (non-hydrogen) atoms. The van der Waals surface area contributed by atoms with E-state index in [2.05, 4.69) is 5.32 Å². The summed E-state index contributed by atoms with van der Waals surface area (Å²) in [7, 11) is 3.91. The summed E-state index contributed by atoms with van der Waals surface area (Å²) < 4.78 is 13.4. The molecular weight excluding hydrogens is 243 g/mol. The largest absolute Gasteiger partial charge is 0.384 e. The van der Waals surface area contributed by atoms with Gasteiger partial charge in [0, 0.05) is 18.8 Å². The van der Waals surface area contributed by atoms with Gasteiger partial charge in [0.15, 0.2) is 0 Å². The van der Waals surface area contributed by atoms with E-state index < -0.39 is 5.82 Å². The van der Waals surface area contributed by atoms with Gasteiger partial charge in [-0.15, -0.1) is 12.4 Å². The third-order valence-corrected chi connectivity index (χ3v) is 2.16. The van der Waals surface area contributed by atoms with Crippen molar-refractivity contribution >= 4 is 23.9 Å². The van der Waals surface area contributed by atoms with Gasteiger partial charge < -0.3 is 16.0 Å². The quantitative estimate of drug-likeness (QED) is 0.555. The maximum absolute atomic E-state index is 13.4. The van der Waals surface area contributed by atoms with Crippen LogP contribution in [0.15, 0.2) is 18.2 Å². The molecule has 0 aliphatic heterocycles. The van der Waals surface area contributed by atoms with E-state index in [1.54, 1.807) is 12.1 Å². The number of nitrogens with one attached hydrogen (secondary N) is 2. The van der Waals surface area contributed by atoms with Crippen molar-refractivity contribution in [3.8, 4) is 0 Å².